The standard InChI is InChI=1S/C17H24N4O4/c1-16(2,3)25-13(22)9-21-8-11(6-17(4,18)15(23)24-5)12-7-19-10-20-14(12)21/h7-8,10H,6,9,18H2,1-5H3. The van der Waals surface area contributed by atoms with Gasteiger partial charge in [-0.15, -0.1) is 0 Å². The third-order valence-corrected chi connectivity index (χ3v) is 3.55. The van der Waals surface area contributed by atoms with E-state index >= 15 is 0 Å². The van der Waals surface area contributed by atoms with Crippen LogP contribution in [-0.2, 0) is 32.0 Å². The van der Waals surface area contributed by atoms with E-state index in [9.17, 15) is 9.59 Å². The van der Waals surface area contributed by atoms with Crippen molar-refractivity contribution in [3.63, 3.8) is 0 Å². The van der Waals surface area contributed by atoms with E-state index in [1.807, 2.05) is 20.8 Å². The maximum Gasteiger partial charge on any atom is 0.326 e. The van der Waals surface area contributed by atoms with Gasteiger partial charge in [0.1, 0.15) is 29.7 Å². The number of ether oxygens (including phenoxy) is 2. The number of aromatic nitrogens is 3. The summed E-state index contributed by atoms with van der Waals surface area (Å²) >= 11 is 0. The Hall–Kier alpha value is -2.48. The molecular formula is C17H24N4O4. The van der Waals surface area contributed by atoms with E-state index in [0.29, 0.717) is 5.65 Å². The lowest BCUT2D eigenvalue weighted by atomic mass is 9.94. The highest BCUT2D eigenvalue weighted by atomic mass is 16.6. The van der Waals surface area contributed by atoms with E-state index < -0.39 is 17.1 Å². The number of methoxy groups -OCH3 is 1. The van der Waals surface area contributed by atoms with Crippen molar-refractivity contribution in [2.24, 2.45) is 5.73 Å². The predicted molar refractivity (Wildman–Crippen MR) is 91.7 cm³/mol. The maximum absolute atomic E-state index is 12.1. The van der Waals surface area contributed by atoms with Gasteiger partial charge in [0.25, 0.3) is 0 Å². The van der Waals surface area contributed by atoms with Crippen molar-refractivity contribution in [3.8, 4) is 0 Å². The first-order chi connectivity index (χ1) is 11.5. The van der Waals surface area contributed by atoms with Crippen molar-refractivity contribution < 1.29 is 19.1 Å². The third kappa shape index (κ3) is 4.54. The first-order valence-corrected chi connectivity index (χ1v) is 7.90. The zero-order valence-electron chi connectivity index (χ0n) is 15.2. The monoisotopic (exact) mass is 348 g/mol. The highest BCUT2D eigenvalue weighted by Crippen LogP contribution is 2.23. The second kappa shape index (κ2) is 6.79. The fourth-order valence-electron chi connectivity index (χ4n) is 2.57. The Balaban J connectivity index is 2.34. The number of carbonyl (C=O) groups is 2. The fraction of sp³-hybridized carbons (Fsp3) is 0.529. The summed E-state index contributed by atoms with van der Waals surface area (Å²) in [7, 11) is 1.29. The molecule has 0 spiro atoms. The molecule has 2 N–H and O–H groups in total. The van der Waals surface area contributed by atoms with Crippen LogP contribution in [0.5, 0.6) is 0 Å². The molecule has 1 atom stereocenters. The quantitative estimate of drug-likeness (QED) is 0.809. The Kier molecular flexibility index (Phi) is 5.12. The molecule has 0 saturated carbocycles. The van der Waals surface area contributed by atoms with Gasteiger partial charge in [0.15, 0.2) is 0 Å². The minimum atomic E-state index is -1.20. The number of nitrogens with two attached hydrogens (primary N) is 1. The van der Waals surface area contributed by atoms with Crippen molar-refractivity contribution >= 4 is 23.0 Å². The summed E-state index contributed by atoms with van der Waals surface area (Å²) < 4.78 is 11.8. The highest BCUT2D eigenvalue weighted by molar-refractivity contribution is 5.85. The number of carbonyl (C=O) groups excluding carboxylic acids is 2. The second-order valence-electron chi connectivity index (χ2n) is 7.21. The number of hydrogen-bond acceptors (Lipinski definition) is 7. The van der Waals surface area contributed by atoms with Crippen LogP contribution >= 0.6 is 0 Å². The molecule has 8 nitrogen and oxygen atoms in total. The van der Waals surface area contributed by atoms with Gasteiger partial charge >= 0.3 is 11.9 Å². The lowest BCUT2D eigenvalue weighted by Crippen LogP contribution is -2.47. The van der Waals surface area contributed by atoms with Crippen LogP contribution in [0.2, 0.25) is 0 Å². The average molecular weight is 348 g/mol. The maximum atomic E-state index is 12.1. The molecule has 136 valence electrons. The van der Waals surface area contributed by atoms with Crippen LogP contribution in [-0.4, -0.2) is 44.7 Å². The van der Waals surface area contributed by atoms with Crippen molar-refractivity contribution in [2.75, 3.05) is 7.11 Å². The van der Waals surface area contributed by atoms with E-state index in [2.05, 4.69) is 9.97 Å². The summed E-state index contributed by atoms with van der Waals surface area (Å²) in [6, 6.07) is 0. The molecule has 0 aliphatic rings. The van der Waals surface area contributed by atoms with Crippen molar-refractivity contribution in [3.05, 3.63) is 24.3 Å². The van der Waals surface area contributed by atoms with E-state index in [1.54, 1.807) is 23.9 Å². The van der Waals surface area contributed by atoms with Gasteiger partial charge in [0.2, 0.25) is 0 Å². The van der Waals surface area contributed by atoms with Crippen molar-refractivity contribution in [1.29, 1.82) is 0 Å². The van der Waals surface area contributed by atoms with Crippen LogP contribution in [0.25, 0.3) is 11.0 Å². The molecule has 0 fully saturated rings. The molecule has 0 aliphatic heterocycles. The molecular weight excluding hydrogens is 324 g/mol. The number of nitrogens with zero attached hydrogens (tertiary/aromatic N) is 3. The predicted octanol–water partition coefficient (Wildman–Crippen LogP) is 1.21. The minimum absolute atomic E-state index is 0.00426. The van der Waals surface area contributed by atoms with Gasteiger partial charge in [0.05, 0.1) is 7.11 Å². The Bertz CT molecular complexity index is 790. The van der Waals surface area contributed by atoms with Gasteiger partial charge in [-0.05, 0) is 33.3 Å². The van der Waals surface area contributed by atoms with Gasteiger partial charge in [0, 0.05) is 24.2 Å². The van der Waals surface area contributed by atoms with Crippen LogP contribution in [0.4, 0.5) is 0 Å². The highest BCUT2D eigenvalue weighted by Gasteiger charge is 2.31. The summed E-state index contributed by atoms with van der Waals surface area (Å²) in [4.78, 5) is 32.2. The summed E-state index contributed by atoms with van der Waals surface area (Å²) in [5.41, 5.74) is 5.64. The molecule has 1 unspecified atom stereocenters. The Morgan fingerprint density at radius 2 is 1.96 bits per heavy atom. The summed E-state index contributed by atoms with van der Waals surface area (Å²) in [6.45, 7) is 7.03. The lowest BCUT2D eigenvalue weighted by molar-refractivity contribution is -0.155. The number of hydrogen-bond donors (Lipinski definition) is 1. The third-order valence-electron chi connectivity index (χ3n) is 3.55. The summed E-state index contributed by atoms with van der Waals surface area (Å²) in [5, 5.41) is 0.728. The second-order valence-corrected chi connectivity index (χ2v) is 7.21. The molecule has 0 radical (unpaired) electrons. The summed E-state index contributed by atoms with van der Waals surface area (Å²) in [6.07, 6.45) is 5.01. The molecule has 8 heteroatoms. The van der Waals surface area contributed by atoms with Crippen LogP contribution in [0.3, 0.4) is 0 Å². The number of rotatable bonds is 5. The van der Waals surface area contributed by atoms with Gasteiger partial charge < -0.3 is 19.8 Å². The zero-order chi connectivity index (χ0) is 18.8. The molecule has 0 aliphatic carbocycles. The van der Waals surface area contributed by atoms with Gasteiger partial charge in [-0.1, -0.05) is 0 Å². The van der Waals surface area contributed by atoms with Crippen LogP contribution in [0.1, 0.15) is 33.3 Å². The lowest BCUT2D eigenvalue weighted by Gasteiger charge is -2.20. The van der Waals surface area contributed by atoms with E-state index in [1.165, 1.54) is 13.4 Å². The molecule has 0 aromatic carbocycles. The SMILES string of the molecule is COC(=O)C(C)(N)Cc1cn(CC(=O)OC(C)(C)C)c2ncncc12. The molecule has 0 bridgehead atoms. The molecule has 0 amide bonds. The average Bonchev–Trinajstić information content (AvgIpc) is 2.82. The molecule has 0 saturated heterocycles. The van der Waals surface area contributed by atoms with Gasteiger partial charge in [-0.3, -0.25) is 9.59 Å². The first kappa shape index (κ1) is 18.9. The Morgan fingerprint density at radius 3 is 2.56 bits per heavy atom. The number of fused-ring (bicyclic) bond motifs is 1. The molecule has 2 aromatic rings. The normalized spacial score (nSPS) is 14.2. The first-order valence-electron chi connectivity index (χ1n) is 7.90. The topological polar surface area (TPSA) is 109 Å². The van der Waals surface area contributed by atoms with Crippen LogP contribution in [0.15, 0.2) is 18.7 Å². The van der Waals surface area contributed by atoms with Gasteiger partial charge in [-0.25, -0.2) is 9.97 Å². The van der Waals surface area contributed by atoms with Crippen molar-refractivity contribution in [2.45, 2.75) is 51.8 Å². The Morgan fingerprint density at radius 1 is 1.28 bits per heavy atom. The largest absolute Gasteiger partial charge is 0.468 e. The molecule has 2 aromatic heterocycles. The number of esters is 2. The molecule has 25 heavy (non-hydrogen) atoms. The van der Waals surface area contributed by atoms with E-state index in [0.717, 1.165) is 10.9 Å². The van der Waals surface area contributed by atoms with Crippen LogP contribution < -0.4 is 5.73 Å². The fourth-order valence-corrected chi connectivity index (χ4v) is 2.57. The molecule has 2 heterocycles. The van der Waals surface area contributed by atoms with E-state index in [-0.39, 0.29) is 18.9 Å². The van der Waals surface area contributed by atoms with Crippen LogP contribution in [0, 0.1) is 0 Å². The van der Waals surface area contributed by atoms with Gasteiger partial charge in [-0.2, -0.15) is 0 Å². The van der Waals surface area contributed by atoms with Crippen molar-refractivity contribution in [1.82, 2.24) is 14.5 Å². The Labute approximate surface area is 146 Å². The van der Waals surface area contributed by atoms with E-state index in [4.69, 9.17) is 15.2 Å². The summed E-state index contributed by atoms with van der Waals surface area (Å²) in [5.74, 6) is -0.893. The smallest absolute Gasteiger partial charge is 0.326 e. The minimum Gasteiger partial charge on any atom is -0.468 e. The molecule has 2 rings (SSSR count). The zero-order valence-corrected chi connectivity index (χ0v) is 15.2.